The van der Waals surface area contributed by atoms with Crippen LogP contribution < -0.4 is 10.6 Å². The number of aliphatic carboxylic acids is 2. The van der Waals surface area contributed by atoms with Gasteiger partial charge in [-0.1, -0.05) is 13.8 Å². The Morgan fingerprint density at radius 1 is 0.562 bits per heavy atom. The van der Waals surface area contributed by atoms with Crippen molar-refractivity contribution in [1.82, 2.24) is 10.6 Å². The second-order valence-electron chi connectivity index (χ2n) is 10.5. The first kappa shape index (κ1) is 24.5. The van der Waals surface area contributed by atoms with Gasteiger partial charge in [-0.05, 0) is 76.0 Å². The van der Waals surface area contributed by atoms with Gasteiger partial charge in [0.2, 0.25) is 11.8 Å². The second kappa shape index (κ2) is 10.7. The maximum atomic E-state index is 12.8. The first-order chi connectivity index (χ1) is 15.2. The minimum Gasteiger partial charge on any atom is -0.481 e. The van der Waals surface area contributed by atoms with Crippen molar-refractivity contribution in [2.45, 2.75) is 90.1 Å². The van der Waals surface area contributed by atoms with Gasteiger partial charge in [-0.15, -0.1) is 0 Å². The van der Waals surface area contributed by atoms with Crippen LogP contribution in [-0.4, -0.2) is 46.0 Å². The number of carbonyl (C=O) groups is 4. The maximum absolute atomic E-state index is 12.8. The topological polar surface area (TPSA) is 133 Å². The molecule has 0 saturated heterocycles. The zero-order valence-electron chi connectivity index (χ0n) is 19.2. The predicted molar refractivity (Wildman–Crippen MR) is 118 cm³/mol. The summed E-state index contributed by atoms with van der Waals surface area (Å²) < 4.78 is 0. The molecule has 0 aliphatic heterocycles. The smallest absolute Gasteiger partial charge is 0.307 e. The van der Waals surface area contributed by atoms with Crippen LogP contribution in [0.2, 0.25) is 0 Å². The van der Waals surface area contributed by atoms with Gasteiger partial charge in [-0.25, -0.2) is 0 Å². The van der Waals surface area contributed by atoms with Crippen LogP contribution in [0.1, 0.15) is 78.1 Å². The molecular formula is C24H38N2O6. The first-order valence-electron chi connectivity index (χ1n) is 12.2. The number of rotatable bonds is 6. The lowest BCUT2D eigenvalue weighted by Crippen LogP contribution is -2.49. The van der Waals surface area contributed by atoms with Crippen molar-refractivity contribution in [3.8, 4) is 0 Å². The summed E-state index contributed by atoms with van der Waals surface area (Å²) in [5.41, 5.74) is 0. The molecule has 0 spiro atoms. The van der Waals surface area contributed by atoms with Crippen LogP contribution in [0.25, 0.3) is 0 Å². The molecule has 32 heavy (non-hydrogen) atoms. The van der Waals surface area contributed by atoms with Gasteiger partial charge in [0.15, 0.2) is 0 Å². The van der Waals surface area contributed by atoms with Crippen LogP contribution in [0.4, 0.5) is 0 Å². The highest BCUT2D eigenvalue weighted by atomic mass is 16.4. The molecule has 0 aromatic heterocycles. The Morgan fingerprint density at radius 3 is 1.22 bits per heavy atom. The first-order valence-corrected chi connectivity index (χ1v) is 12.2. The van der Waals surface area contributed by atoms with Crippen LogP contribution in [-0.2, 0) is 19.2 Å². The molecule has 3 aliphatic rings. The fourth-order valence-corrected chi connectivity index (χ4v) is 5.93. The fraction of sp³-hybridized carbons (Fsp3) is 0.833. The number of carboxylic acid groups (broad SMARTS) is 2. The largest absolute Gasteiger partial charge is 0.481 e. The van der Waals surface area contributed by atoms with Crippen molar-refractivity contribution >= 4 is 23.8 Å². The molecule has 8 nitrogen and oxygen atoms in total. The molecule has 8 heteroatoms. The Balaban J connectivity index is 1.48. The third-order valence-corrected chi connectivity index (χ3v) is 7.95. The van der Waals surface area contributed by atoms with Gasteiger partial charge >= 0.3 is 11.9 Å². The molecular weight excluding hydrogens is 412 g/mol. The van der Waals surface area contributed by atoms with E-state index >= 15 is 0 Å². The van der Waals surface area contributed by atoms with E-state index in [-0.39, 0.29) is 23.9 Å². The van der Waals surface area contributed by atoms with E-state index in [1.807, 2.05) is 0 Å². The van der Waals surface area contributed by atoms with Gasteiger partial charge in [0.05, 0.1) is 23.7 Å². The van der Waals surface area contributed by atoms with Crippen molar-refractivity contribution < 1.29 is 29.4 Å². The van der Waals surface area contributed by atoms with Gasteiger partial charge in [-0.3, -0.25) is 19.2 Å². The van der Waals surface area contributed by atoms with E-state index in [0.29, 0.717) is 37.5 Å². The normalized spacial score (nSPS) is 37.8. The Bertz CT molecular complexity index is 657. The van der Waals surface area contributed by atoms with E-state index in [4.69, 9.17) is 0 Å². The maximum Gasteiger partial charge on any atom is 0.307 e. The lowest BCUT2D eigenvalue weighted by Gasteiger charge is -2.36. The van der Waals surface area contributed by atoms with Crippen LogP contribution in [0.15, 0.2) is 0 Å². The number of carboxylic acids is 2. The number of hydrogen-bond donors (Lipinski definition) is 4. The lowest BCUT2D eigenvalue weighted by molar-refractivity contribution is -0.150. The van der Waals surface area contributed by atoms with Crippen LogP contribution >= 0.6 is 0 Å². The molecule has 6 atom stereocenters. The summed E-state index contributed by atoms with van der Waals surface area (Å²) in [5, 5.41) is 25.1. The van der Waals surface area contributed by atoms with Gasteiger partial charge in [0.1, 0.15) is 0 Å². The van der Waals surface area contributed by atoms with Crippen LogP contribution in [0.3, 0.4) is 0 Å². The van der Waals surface area contributed by atoms with Crippen molar-refractivity contribution in [3.05, 3.63) is 0 Å². The average molecular weight is 451 g/mol. The molecule has 0 bridgehead atoms. The van der Waals surface area contributed by atoms with Crippen LogP contribution in [0.5, 0.6) is 0 Å². The van der Waals surface area contributed by atoms with Gasteiger partial charge < -0.3 is 20.8 Å². The zero-order valence-corrected chi connectivity index (χ0v) is 19.2. The molecule has 3 saturated carbocycles. The minimum absolute atomic E-state index is 0.0104. The Kier molecular flexibility index (Phi) is 8.17. The number of carbonyl (C=O) groups excluding carboxylic acids is 2. The van der Waals surface area contributed by atoms with Crippen molar-refractivity contribution in [3.63, 3.8) is 0 Å². The highest BCUT2D eigenvalue weighted by Crippen LogP contribution is 2.36. The molecule has 0 radical (unpaired) electrons. The molecule has 3 rings (SSSR count). The van der Waals surface area contributed by atoms with E-state index in [2.05, 4.69) is 24.5 Å². The fourth-order valence-electron chi connectivity index (χ4n) is 5.93. The van der Waals surface area contributed by atoms with Gasteiger partial charge in [0.25, 0.3) is 0 Å². The Morgan fingerprint density at radius 2 is 0.906 bits per heavy atom. The lowest BCUT2D eigenvalue weighted by atomic mass is 9.73. The summed E-state index contributed by atoms with van der Waals surface area (Å²) >= 11 is 0. The molecule has 6 unspecified atom stereocenters. The average Bonchev–Trinajstić information content (AvgIpc) is 2.74. The summed E-state index contributed by atoms with van der Waals surface area (Å²) in [4.78, 5) is 48.8. The molecule has 2 amide bonds. The number of nitrogens with one attached hydrogen (secondary N) is 2. The molecule has 3 aliphatic carbocycles. The SMILES string of the molecule is CC1CCC(C(=O)O)C(C(=O)NC2CCC(NC(=O)C3CC(C)CCC3C(=O)O)CC2)C1. The van der Waals surface area contributed by atoms with Crippen molar-refractivity contribution in [1.29, 1.82) is 0 Å². The summed E-state index contributed by atoms with van der Waals surface area (Å²) in [7, 11) is 0. The van der Waals surface area contributed by atoms with E-state index in [0.717, 1.165) is 38.5 Å². The molecule has 0 aromatic carbocycles. The van der Waals surface area contributed by atoms with Crippen LogP contribution in [0, 0.1) is 35.5 Å². The number of hydrogen-bond acceptors (Lipinski definition) is 4. The van der Waals surface area contributed by atoms with Crippen molar-refractivity contribution in [2.75, 3.05) is 0 Å². The standard InChI is InChI=1S/C24H38N2O6/c1-13-3-9-17(23(29)30)19(11-13)21(27)25-15-5-7-16(8-6-15)26-22(28)20-12-14(2)4-10-18(20)24(31)32/h13-20H,3-12H2,1-2H3,(H,25,27)(H,26,28)(H,29,30)(H,31,32). The third-order valence-electron chi connectivity index (χ3n) is 7.95. The van der Waals surface area contributed by atoms with Gasteiger partial charge in [0, 0.05) is 12.1 Å². The summed E-state index contributed by atoms with van der Waals surface area (Å²) in [6.45, 7) is 4.13. The molecule has 0 aromatic rings. The molecule has 4 N–H and O–H groups in total. The number of amides is 2. The monoisotopic (exact) mass is 450 g/mol. The quantitative estimate of drug-likeness (QED) is 0.492. The Hall–Kier alpha value is -2.12. The Labute approximate surface area is 189 Å². The molecule has 3 fully saturated rings. The summed E-state index contributed by atoms with van der Waals surface area (Å²) in [5.74, 6) is -3.56. The summed E-state index contributed by atoms with van der Waals surface area (Å²) in [6, 6.07) is -0.0207. The van der Waals surface area contributed by atoms with E-state index in [9.17, 15) is 29.4 Å². The molecule has 180 valence electrons. The van der Waals surface area contributed by atoms with E-state index in [1.165, 1.54) is 0 Å². The van der Waals surface area contributed by atoms with E-state index < -0.39 is 35.6 Å². The molecule has 0 heterocycles. The highest BCUT2D eigenvalue weighted by molar-refractivity contribution is 5.86. The minimum atomic E-state index is -0.889. The summed E-state index contributed by atoms with van der Waals surface area (Å²) in [6.07, 6.45) is 6.88. The highest BCUT2D eigenvalue weighted by Gasteiger charge is 2.40. The zero-order chi connectivity index (χ0) is 23.4. The third kappa shape index (κ3) is 6.01. The van der Waals surface area contributed by atoms with Gasteiger partial charge in [-0.2, -0.15) is 0 Å². The predicted octanol–water partition coefficient (Wildman–Crippen LogP) is 2.80. The van der Waals surface area contributed by atoms with Crippen molar-refractivity contribution in [2.24, 2.45) is 35.5 Å². The van der Waals surface area contributed by atoms with E-state index in [1.54, 1.807) is 0 Å². The second-order valence-corrected chi connectivity index (χ2v) is 10.5.